The molecule has 0 aliphatic heterocycles. The van der Waals surface area contributed by atoms with E-state index >= 15 is 0 Å². The predicted octanol–water partition coefficient (Wildman–Crippen LogP) is 3.54. The van der Waals surface area contributed by atoms with Gasteiger partial charge in [0.25, 0.3) is 0 Å². The van der Waals surface area contributed by atoms with Crippen LogP contribution in [0.2, 0.25) is 16.4 Å². The van der Waals surface area contributed by atoms with Crippen molar-refractivity contribution in [1.82, 2.24) is 9.78 Å². The standard InChI is InChI=1S/C17H15AsClFN2O2/c1-18(2)11-4-6-13-15(7-11)22(21-16(13)17(23)24)9-10-3-5-12(19)8-14(10)20/h3-8H,9H2,1-2H3,(H,23,24). The summed E-state index contributed by atoms with van der Waals surface area (Å²) in [6.07, 6.45) is 0. The summed E-state index contributed by atoms with van der Waals surface area (Å²) in [5.74, 6) is -1.52. The van der Waals surface area contributed by atoms with Gasteiger partial charge in [0.05, 0.1) is 0 Å². The Balaban J connectivity index is 2.15. The van der Waals surface area contributed by atoms with Crippen molar-refractivity contribution >= 4 is 47.5 Å². The van der Waals surface area contributed by atoms with Gasteiger partial charge in [0.1, 0.15) is 0 Å². The summed E-state index contributed by atoms with van der Waals surface area (Å²) >= 11 is 4.66. The summed E-state index contributed by atoms with van der Waals surface area (Å²) < 4.78 is 16.8. The van der Waals surface area contributed by atoms with Crippen molar-refractivity contribution in [3.63, 3.8) is 0 Å². The first-order valence-electron chi connectivity index (χ1n) is 7.22. The third-order valence-electron chi connectivity index (χ3n) is 3.79. The molecule has 4 nitrogen and oxygen atoms in total. The van der Waals surface area contributed by atoms with E-state index in [2.05, 4.69) is 16.5 Å². The molecule has 3 aromatic rings. The summed E-state index contributed by atoms with van der Waals surface area (Å²) in [7, 11) is 0. The van der Waals surface area contributed by atoms with Crippen LogP contribution in [0.25, 0.3) is 10.9 Å². The number of benzene rings is 2. The van der Waals surface area contributed by atoms with Crippen LogP contribution in [-0.2, 0) is 6.54 Å². The fourth-order valence-corrected chi connectivity index (χ4v) is 4.27. The van der Waals surface area contributed by atoms with Crippen LogP contribution < -0.4 is 4.35 Å². The van der Waals surface area contributed by atoms with Gasteiger partial charge in [-0.05, 0) is 0 Å². The molecule has 1 aromatic heterocycles. The van der Waals surface area contributed by atoms with Crippen molar-refractivity contribution in [2.24, 2.45) is 0 Å². The molecule has 2 aromatic carbocycles. The van der Waals surface area contributed by atoms with Gasteiger partial charge in [-0.15, -0.1) is 0 Å². The zero-order valence-corrected chi connectivity index (χ0v) is 15.8. The van der Waals surface area contributed by atoms with E-state index < -0.39 is 26.4 Å². The number of halogens is 2. The second kappa shape index (κ2) is 6.58. The molecule has 0 bridgehead atoms. The van der Waals surface area contributed by atoms with Crippen LogP contribution in [0.5, 0.6) is 0 Å². The van der Waals surface area contributed by atoms with Crippen molar-refractivity contribution in [1.29, 1.82) is 0 Å². The Hall–Kier alpha value is -1.84. The van der Waals surface area contributed by atoms with Crippen LogP contribution in [0.4, 0.5) is 4.39 Å². The van der Waals surface area contributed by atoms with Crippen LogP contribution >= 0.6 is 11.6 Å². The average molecular weight is 409 g/mol. The minimum atomic E-state index is -1.12. The maximum absolute atomic E-state index is 14.1. The van der Waals surface area contributed by atoms with Crippen molar-refractivity contribution < 1.29 is 14.3 Å². The van der Waals surface area contributed by atoms with Gasteiger partial charge in [-0.2, -0.15) is 0 Å². The molecule has 3 rings (SSSR count). The number of carboxylic acid groups (broad SMARTS) is 1. The minimum absolute atomic E-state index is 0.0165. The molecule has 0 aliphatic carbocycles. The van der Waals surface area contributed by atoms with Gasteiger partial charge in [0.15, 0.2) is 0 Å². The first-order valence-corrected chi connectivity index (χ1v) is 12.3. The van der Waals surface area contributed by atoms with E-state index in [0.29, 0.717) is 21.5 Å². The Kier molecular flexibility index (Phi) is 4.66. The second-order valence-corrected chi connectivity index (χ2v) is 10.9. The van der Waals surface area contributed by atoms with Gasteiger partial charge in [-0.25, -0.2) is 0 Å². The third kappa shape index (κ3) is 3.19. The Morgan fingerprint density at radius 2 is 2.04 bits per heavy atom. The molecule has 0 saturated carbocycles. The fraction of sp³-hybridized carbons (Fsp3) is 0.176. The molecule has 24 heavy (non-hydrogen) atoms. The molecule has 7 heteroatoms. The average Bonchev–Trinajstić information content (AvgIpc) is 2.88. The van der Waals surface area contributed by atoms with E-state index in [1.807, 2.05) is 12.1 Å². The first kappa shape index (κ1) is 17.0. The first-order chi connectivity index (χ1) is 11.4. The van der Waals surface area contributed by atoms with Gasteiger partial charge >= 0.3 is 148 Å². The molecule has 1 N–H and O–H groups in total. The number of nitrogens with zero attached hydrogens (tertiary/aromatic N) is 2. The quantitative estimate of drug-likeness (QED) is 0.672. The molecule has 0 saturated heterocycles. The summed E-state index contributed by atoms with van der Waals surface area (Å²) in [6.45, 7) is 0.149. The monoisotopic (exact) mass is 408 g/mol. The van der Waals surface area contributed by atoms with Gasteiger partial charge in [-0.3, -0.25) is 0 Å². The summed E-state index contributed by atoms with van der Waals surface area (Å²) in [5, 5.41) is 14.4. The topological polar surface area (TPSA) is 55.1 Å². The van der Waals surface area contributed by atoms with Gasteiger partial charge in [0, 0.05) is 0 Å². The van der Waals surface area contributed by atoms with Gasteiger partial charge in [-0.1, -0.05) is 0 Å². The molecule has 1 heterocycles. The molecule has 124 valence electrons. The van der Waals surface area contributed by atoms with E-state index in [9.17, 15) is 14.3 Å². The number of hydrogen-bond donors (Lipinski definition) is 1. The molecule has 0 atom stereocenters. The van der Waals surface area contributed by atoms with Crippen LogP contribution in [-0.4, -0.2) is 35.5 Å². The SMILES string of the molecule is C[As](C)c1ccc2c(C(=O)O)nn(Cc3ccc(Cl)cc3F)c2c1. The summed E-state index contributed by atoms with van der Waals surface area (Å²) in [6, 6.07) is 10.2. The Labute approximate surface area is 148 Å². The van der Waals surface area contributed by atoms with E-state index in [1.165, 1.54) is 10.4 Å². The molecular formula is C17H15AsClFN2O2. The number of rotatable bonds is 4. The van der Waals surface area contributed by atoms with Crippen LogP contribution in [0, 0.1) is 5.82 Å². The van der Waals surface area contributed by atoms with Gasteiger partial charge in [0.2, 0.25) is 0 Å². The van der Waals surface area contributed by atoms with E-state index in [-0.39, 0.29) is 12.2 Å². The maximum atomic E-state index is 14.1. The van der Waals surface area contributed by atoms with E-state index in [4.69, 9.17) is 11.6 Å². The Morgan fingerprint density at radius 1 is 1.29 bits per heavy atom. The molecule has 0 spiro atoms. The van der Waals surface area contributed by atoms with Crippen molar-refractivity contribution in [2.45, 2.75) is 18.0 Å². The number of aromatic carboxylic acids is 1. The fourth-order valence-electron chi connectivity index (χ4n) is 2.53. The Morgan fingerprint density at radius 3 is 2.67 bits per heavy atom. The second-order valence-electron chi connectivity index (χ2n) is 5.64. The number of carbonyl (C=O) groups is 1. The van der Waals surface area contributed by atoms with Crippen LogP contribution in [0.1, 0.15) is 16.1 Å². The molecule has 0 fully saturated rings. The van der Waals surface area contributed by atoms with E-state index in [1.54, 1.807) is 22.9 Å². The summed E-state index contributed by atoms with van der Waals surface area (Å²) in [4.78, 5) is 11.5. The van der Waals surface area contributed by atoms with Gasteiger partial charge < -0.3 is 0 Å². The molecule has 0 unspecified atom stereocenters. The predicted molar refractivity (Wildman–Crippen MR) is 94.3 cm³/mol. The van der Waals surface area contributed by atoms with Crippen molar-refractivity contribution in [3.8, 4) is 0 Å². The van der Waals surface area contributed by atoms with E-state index in [0.717, 1.165) is 0 Å². The molecule has 0 amide bonds. The molecule has 0 radical (unpaired) electrons. The normalized spacial score (nSPS) is 11.4. The molecule has 0 aliphatic rings. The summed E-state index contributed by atoms with van der Waals surface area (Å²) in [5.41, 5.74) is 5.51. The van der Waals surface area contributed by atoms with Crippen LogP contribution in [0.3, 0.4) is 0 Å². The zero-order chi connectivity index (χ0) is 17.4. The van der Waals surface area contributed by atoms with Crippen molar-refractivity contribution in [3.05, 3.63) is 58.5 Å². The van der Waals surface area contributed by atoms with Crippen molar-refractivity contribution in [2.75, 3.05) is 0 Å². The number of hydrogen-bond acceptors (Lipinski definition) is 2. The number of aromatic nitrogens is 2. The zero-order valence-electron chi connectivity index (χ0n) is 13.1. The number of carboxylic acids is 1. The third-order valence-corrected chi connectivity index (χ3v) is 6.78. The Bertz CT molecular complexity index is 940. The number of fused-ring (bicyclic) bond motifs is 1. The van der Waals surface area contributed by atoms with Crippen LogP contribution in [0.15, 0.2) is 36.4 Å². The molecular weight excluding hydrogens is 394 g/mol.